The van der Waals surface area contributed by atoms with Crippen molar-refractivity contribution < 1.29 is 9.13 Å². The predicted octanol–water partition coefficient (Wildman–Crippen LogP) is 3.99. The van der Waals surface area contributed by atoms with Gasteiger partial charge in [0.15, 0.2) is 11.6 Å². The fraction of sp³-hybridized carbons (Fsp3) is 0.214. The van der Waals surface area contributed by atoms with Crippen LogP contribution in [0.3, 0.4) is 0 Å². The number of rotatable bonds is 5. The SMILES string of the molecule is CCOc1ccc(CNc2ccc(Br)cn2)cc1F. The Morgan fingerprint density at radius 1 is 1.32 bits per heavy atom. The largest absolute Gasteiger partial charge is 0.491 e. The fourth-order valence-electron chi connectivity index (χ4n) is 1.60. The Labute approximate surface area is 119 Å². The Morgan fingerprint density at radius 3 is 2.79 bits per heavy atom. The normalized spacial score (nSPS) is 10.3. The average molecular weight is 325 g/mol. The van der Waals surface area contributed by atoms with Crippen LogP contribution in [-0.2, 0) is 6.54 Å². The standard InChI is InChI=1S/C14H14BrFN2O/c1-2-19-13-5-3-10(7-12(13)16)8-17-14-6-4-11(15)9-18-14/h3-7,9H,2,8H2,1H3,(H,17,18). The van der Waals surface area contributed by atoms with Crippen molar-refractivity contribution in [1.29, 1.82) is 0 Å². The molecule has 0 spiro atoms. The zero-order valence-electron chi connectivity index (χ0n) is 10.5. The highest BCUT2D eigenvalue weighted by atomic mass is 79.9. The van der Waals surface area contributed by atoms with Crippen molar-refractivity contribution in [1.82, 2.24) is 4.98 Å². The van der Waals surface area contributed by atoms with E-state index in [4.69, 9.17) is 4.74 Å². The third kappa shape index (κ3) is 3.92. The molecule has 0 aliphatic rings. The van der Waals surface area contributed by atoms with Crippen molar-refractivity contribution in [3.8, 4) is 5.75 Å². The lowest BCUT2D eigenvalue weighted by atomic mass is 10.2. The van der Waals surface area contributed by atoms with Crippen molar-refractivity contribution in [3.05, 3.63) is 52.4 Å². The summed E-state index contributed by atoms with van der Waals surface area (Å²) in [7, 11) is 0. The van der Waals surface area contributed by atoms with Crippen LogP contribution in [0.2, 0.25) is 0 Å². The highest BCUT2D eigenvalue weighted by molar-refractivity contribution is 9.10. The first-order chi connectivity index (χ1) is 9.19. The summed E-state index contributed by atoms with van der Waals surface area (Å²) < 4.78 is 19.7. The number of halogens is 2. The van der Waals surface area contributed by atoms with Gasteiger partial charge in [0.25, 0.3) is 0 Å². The molecule has 5 heteroatoms. The fourth-order valence-corrected chi connectivity index (χ4v) is 1.83. The van der Waals surface area contributed by atoms with Gasteiger partial charge in [-0.05, 0) is 52.7 Å². The van der Waals surface area contributed by atoms with Gasteiger partial charge in [0.05, 0.1) is 6.61 Å². The molecule has 1 heterocycles. The monoisotopic (exact) mass is 324 g/mol. The molecule has 3 nitrogen and oxygen atoms in total. The summed E-state index contributed by atoms with van der Waals surface area (Å²) >= 11 is 3.32. The lowest BCUT2D eigenvalue weighted by molar-refractivity contribution is 0.321. The maximum atomic E-state index is 13.6. The number of ether oxygens (including phenoxy) is 1. The predicted molar refractivity (Wildman–Crippen MR) is 76.8 cm³/mol. The van der Waals surface area contributed by atoms with E-state index in [1.54, 1.807) is 12.3 Å². The van der Waals surface area contributed by atoms with Gasteiger partial charge >= 0.3 is 0 Å². The van der Waals surface area contributed by atoms with Crippen LogP contribution in [0.1, 0.15) is 12.5 Å². The molecule has 2 aromatic rings. The van der Waals surface area contributed by atoms with Gasteiger partial charge < -0.3 is 10.1 Å². The van der Waals surface area contributed by atoms with Gasteiger partial charge in [0.2, 0.25) is 0 Å². The number of nitrogens with one attached hydrogen (secondary N) is 1. The van der Waals surface area contributed by atoms with Crippen molar-refractivity contribution in [2.75, 3.05) is 11.9 Å². The summed E-state index contributed by atoms with van der Waals surface area (Å²) in [5.74, 6) is 0.690. The van der Waals surface area contributed by atoms with Crippen molar-refractivity contribution in [2.24, 2.45) is 0 Å². The molecule has 1 N–H and O–H groups in total. The Bertz CT molecular complexity index is 546. The van der Waals surface area contributed by atoms with Crippen LogP contribution >= 0.6 is 15.9 Å². The minimum Gasteiger partial charge on any atom is -0.491 e. The van der Waals surface area contributed by atoms with E-state index < -0.39 is 0 Å². The topological polar surface area (TPSA) is 34.1 Å². The van der Waals surface area contributed by atoms with E-state index in [2.05, 4.69) is 26.2 Å². The van der Waals surface area contributed by atoms with Gasteiger partial charge in [0, 0.05) is 17.2 Å². The van der Waals surface area contributed by atoms with E-state index in [0.29, 0.717) is 13.2 Å². The molecule has 100 valence electrons. The van der Waals surface area contributed by atoms with Crippen LogP contribution in [0.5, 0.6) is 5.75 Å². The van der Waals surface area contributed by atoms with Crippen LogP contribution in [0.15, 0.2) is 41.0 Å². The first kappa shape index (κ1) is 13.8. The van der Waals surface area contributed by atoms with Crippen LogP contribution in [0, 0.1) is 5.82 Å². The first-order valence-electron chi connectivity index (χ1n) is 5.95. The summed E-state index contributed by atoms with van der Waals surface area (Å²) in [5.41, 5.74) is 0.839. The van der Waals surface area contributed by atoms with Crippen LogP contribution in [0.25, 0.3) is 0 Å². The van der Waals surface area contributed by atoms with Gasteiger partial charge in [-0.15, -0.1) is 0 Å². The summed E-state index contributed by atoms with van der Waals surface area (Å²) in [5, 5.41) is 3.13. The Hall–Kier alpha value is -1.62. The number of nitrogens with zero attached hydrogens (tertiary/aromatic N) is 1. The molecule has 1 aromatic carbocycles. The van der Waals surface area contributed by atoms with E-state index >= 15 is 0 Å². The maximum absolute atomic E-state index is 13.6. The van der Waals surface area contributed by atoms with Crippen molar-refractivity contribution >= 4 is 21.7 Å². The van der Waals surface area contributed by atoms with Crippen molar-refractivity contribution in [2.45, 2.75) is 13.5 Å². The molecule has 0 bridgehead atoms. The number of aromatic nitrogens is 1. The molecule has 0 fully saturated rings. The number of benzene rings is 1. The maximum Gasteiger partial charge on any atom is 0.165 e. The third-order valence-electron chi connectivity index (χ3n) is 2.50. The molecule has 0 amide bonds. The Morgan fingerprint density at radius 2 is 2.16 bits per heavy atom. The first-order valence-corrected chi connectivity index (χ1v) is 6.75. The molecule has 1 aromatic heterocycles. The number of hydrogen-bond acceptors (Lipinski definition) is 3. The van der Waals surface area contributed by atoms with Crippen LogP contribution in [0.4, 0.5) is 10.2 Å². The molecular formula is C14H14BrFN2O. The van der Waals surface area contributed by atoms with E-state index in [1.165, 1.54) is 6.07 Å². The Balaban J connectivity index is 1.99. The summed E-state index contributed by atoms with van der Waals surface area (Å²) in [6.45, 7) is 2.80. The quantitative estimate of drug-likeness (QED) is 0.902. The lowest BCUT2D eigenvalue weighted by Gasteiger charge is -2.08. The smallest absolute Gasteiger partial charge is 0.165 e. The van der Waals surface area contributed by atoms with Crippen molar-refractivity contribution in [3.63, 3.8) is 0 Å². The second-order valence-corrected chi connectivity index (χ2v) is 4.83. The molecule has 0 radical (unpaired) electrons. The average Bonchev–Trinajstić information content (AvgIpc) is 2.41. The van der Waals surface area contributed by atoms with Crippen LogP contribution in [-0.4, -0.2) is 11.6 Å². The zero-order valence-corrected chi connectivity index (χ0v) is 12.1. The van der Waals surface area contributed by atoms with E-state index in [9.17, 15) is 4.39 Å². The summed E-state index contributed by atoms with van der Waals surface area (Å²) in [6, 6.07) is 8.70. The molecule has 0 saturated heterocycles. The second-order valence-electron chi connectivity index (χ2n) is 3.91. The Kier molecular flexibility index (Phi) is 4.74. The second kappa shape index (κ2) is 6.52. The molecule has 0 unspecified atom stereocenters. The zero-order chi connectivity index (χ0) is 13.7. The highest BCUT2D eigenvalue weighted by Gasteiger charge is 2.04. The minimum absolute atomic E-state index is 0.285. The number of anilines is 1. The van der Waals surface area contributed by atoms with E-state index in [0.717, 1.165) is 15.9 Å². The summed E-state index contributed by atoms with van der Waals surface area (Å²) in [6.07, 6.45) is 1.71. The van der Waals surface area contributed by atoms with Crippen LogP contribution < -0.4 is 10.1 Å². The van der Waals surface area contributed by atoms with Gasteiger partial charge in [-0.3, -0.25) is 0 Å². The molecule has 2 rings (SSSR count). The van der Waals surface area contributed by atoms with Gasteiger partial charge in [-0.1, -0.05) is 6.07 Å². The van der Waals surface area contributed by atoms with Gasteiger partial charge in [-0.2, -0.15) is 0 Å². The van der Waals surface area contributed by atoms with E-state index in [1.807, 2.05) is 25.1 Å². The molecule has 0 atom stereocenters. The number of pyridine rings is 1. The summed E-state index contributed by atoms with van der Waals surface area (Å²) in [4.78, 5) is 4.19. The molecule has 0 aliphatic heterocycles. The lowest BCUT2D eigenvalue weighted by Crippen LogP contribution is -2.02. The minimum atomic E-state index is -0.343. The molecule has 19 heavy (non-hydrogen) atoms. The van der Waals surface area contributed by atoms with E-state index in [-0.39, 0.29) is 11.6 Å². The highest BCUT2D eigenvalue weighted by Crippen LogP contribution is 2.19. The molecule has 0 saturated carbocycles. The van der Waals surface area contributed by atoms with Gasteiger partial charge in [0.1, 0.15) is 5.82 Å². The molecular weight excluding hydrogens is 311 g/mol. The molecule has 0 aliphatic carbocycles. The third-order valence-corrected chi connectivity index (χ3v) is 2.97. The number of hydrogen-bond donors (Lipinski definition) is 1. The van der Waals surface area contributed by atoms with Gasteiger partial charge in [-0.25, -0.2) is 9.37 Å².